The van der Waals surface area contributed by atoms with Gasteiger partial charge in [-0.2, -0.15) is 0 Å². The zero-order chi connectivity index (χ0) is 19.5. The molecule has 0 radical (unpaired) electrons. The van der Waals surface area contributed by atoms with Gasteiger partial charge in [0.25, 0.3) is 5.91 Å². The molecule has 0 spiro atoms. The maximum absolute atomic E-state index is 12.2. The van der Waals surface area contributed by atoms with Crippen LogP contribution in [0.1, 0.15) is 15.9 Å². The van der Waals surface area contributed by atoms with Crippen LogP contribution in [0.15, 0.2) is 51.8 Å². The second-order valence-electron chi connectivity index (χ2n) is 5.68. The molecule has 2 rings (SSSR count). The Balaban J connectivity index is 2.03. The molecule has 0 aromatic heterocycles. The number of sulfonamides is 1. The molecular formula is C17H18BrN3O3S2. The summed E-state index contributed by atoms with van der Waals surface area (Å²) in [5, 5.41) is 5.56. The molecule has 0 aliphatic rings. The fraction of sp³-hybridized carbons (Fsp3) is 0.176. The van der Waals surface area contributed by atoms with E-state index >= 15 is 0 Å². The Hall–Kier alpha value is -1.81. The minimum atomic E-state index is -3.49. The normalized spacial score (nSPS) is 11.3. The number of amides is 1. The molecule has 1 amide bonds. The fourth-order valence-corrected chi connectivity index (χ4v) is 3.48. The van der Waals surface area contributed by atoms with E-state index in [1.54, 1.807) is 24.3 Å². The maximum Gasteiger partial charge on any atom is 0.257 e. The third-order valence-electron chi connectivity index (χ3n) is 3.55. The van der Waals surface area contributed by atoms with E-state index in [2.05, 4.69) is 26.6 Å². The number of hydrogen-bond donors (Lipinski definition) is 2. The highest BCUT2D eigenvalue weighted by atomic mass is 79.9. The van der Waals surface area contributed by atoms with E-state index in [1.807, 2.05) is 13.0 Å². The lowest BCUT2D eigenvalue weighted by molar-refractivity contribution is 0.0977. The van der Waals surface area contributed by atoms with Gasteiger partial charge < -0.3 is 5.32 Å². The fourth-order valence-electron chi connectivity index (χ4n) is 1.99. The van der Waals surface area contributed by atoms with Crippen LogP contribution in [0.3, 0.4) is 0 Å². The Bertz CT molecular complexity index is 942. The standard InChI is InChI=1S/C17H18BrN3O3S2/c1-11-4-5-12(10-15(11)18)16(22)20-17(25)19-13-6-8-14(9-7-13)26(23,24)21(2)3/h4-10H,1-3H3,(H2,19,20,22,25). The highest BCUT2D eigenvalue weighted by Crippen LogP contribution is 2.18. The van der Waals surface area contributed by atoms with E-state index < -0.39 is 10.0 Å². The summed E-state index contributed by atoms with van der Waals surface area (Å²) in [6.07, 6.45) is 0. The molecule has 0 aliphatic carbocycles. The van der Waals surface area contributed by atoms with Crippen molar-refractivity contribution < 1.29 is 13.2 Å². The first-order valence-corrected chi connectivity index (χ1v) is 10.2. The molecule has 0 bridgehead atoms. The number of nitrogens with zero attached hydrogens (tertiary/aromatic N) is 1. The molecule has 0 atom stereocenters. The van der Waals surface area contributed by atoms with Crippen molar-refractivity contribution in [2.75, 3.05) is 19.4 Å². The summed E-state index contributed by atoms with van der Waals surface area (Å²) in [7, 11) is -0.551. The van der Waals surface area contributed by atoms with Crippen LogP contribution in [-0.4, -0.2) is 37.8 Å². The summed E-state index contributed by atoms with van der Waals surface area (Å²) in [5.74, 6) is -0.338. The molecule has 0 heterocycles. The molecule has 0 unspecified atom stereocenters. The maximum atomic E-state index is 12.2. The van der Waals surface area contributed by atoms with Crippen LogP contribution in [0.5, 0.6) is 0 Å². The molecular weight excluding hydrogens is 438 g/mol. The average Bonchev–Trinajstić information content (AvgIpc) is 2.57. The Kier molecular flexibility index (Phi) is 6.51. The largest absolute Gasteiger partial charge is 0.332 e. The minimum absolute atomic E-state index is 0.120. The van der Waals surface area contributed by atoms with Gasteiger partial charge in [-0.05, 0) is 61.1 Å². The van der Waals surface area contributed by atoms with Gasteiger partial charge in [0.2, 0.25) is 10.0 Å². The first kappa shape index (κ1) is 20.5. The van der Waals surface area contributed by atoms with Gasteiger partial charge in [-0.25, -0.2) is 12.7 Å². The first-order valence-electron chi connectivity index (χ1n) is 7.52. The minimum Gasteiger partial charge on any atom is -0.332 e. The first-order chi connectivity index (χ1) is 12.1. The molecule has 0 saturated carbocycles. The van der Waals surface area contributed by atoms with Crippen molar-refractivity contribution in [2.24, 2.45) is 0 Å². The molecule has 0 aliphatic heterocycles. The van der Waals surface area contributed by atoms with Crippen molar-refractivity contribution in [3.8, 4) is 0 Å². The van der Waals surface area contributed by atoms with Gasteiger partial charge >= 0.3 is 0 Å². The lowest BCUT2D eigenvalue weighted by Crippen LogP contribution is -2.34. The van der Waals surface area contributed by atoms with Crippen molar-refractivity contribution in [2.45, 2.75) is 11.8 Å². The molecule has 9 heteroatoms. The quantitative estimate of drug-likeness (QED) is 0.692. The van der Waals surface area contributed by atoms with E-state index in [0.29, 0.717) is 11.3 Å². The van der Waals surface area contributed by atoms with Crippen LogP contribution in [0, 0.1) is 6.92 Å². The summed E-state index contributed by atoms with van der Waals surface area (Å²) in [5.41, 5.74) is 2.06. The third kappa shape index (κ3) is 4.88. The lowest BCUT2D eigenvalue weighted by atomic mass is 10.1. The molecule has 2 aromatic carbocycles. The van der Waals surface area contributed by atoms with Crippen molar-refractivity contribution in [3.05, 3.63) is 58.1 Å². The third-order valence-corrected chi connectivity index (χ3v) is 6.44. The van der Waals surface area contributed by atoms with Crippen LogP contribution in [0.2, 0.25) is 0 Å². The van der Waals surface area contributed by atoms with Crippen molar-refractivity contribution >= 4 is 54.9 Å². The van der Waals surface area contributed by atoms with Crippen LogP contribution in [0.4, 0.5) is 5.69 Å². The zero-order valence-electron chi connectivity index (χ0n) is 14.4. The number of benzene rings is 2. The summed E-state index contributed by atoms with van der Waals surface area (Å²) in [4.78, 5) is 12.4. The van der Waals surface area contributed by atoms with E-state index in [0.717, 1.165) is 14.3 Å². The predicted molar refractivity (Wildman–Crippen MR) is 110 cm³/mol. The number of rotatable bonds is 4. The SMILES string of the molecule is Cc1ccc(C(=O)NC(=S)Nc2ccc(S(=O)(=O)N(C)C)cc2)cc1Br. The molecule has 2 N–H and O–H groups in total. The number of thiocarbonyl (C=S) groups is 1. The molecule has 0 saturated heterocycles. The van der Waals surface area contributed by atoms with Gasteiger partial charge in [0.05, 0.1) is 4.90 Å². The van der Waals surface area contributed by atoms with E-state index in [-0.39, 0.29) is 15.9 Å². The van der Waals surface area contributed by atoms with E-state index in [4.69, 9.17) is 12.2 Å². The van der Waals surface area contributed by atoms with Gasteiger partial charge in [0.15, 0.2) is 5.11 Å². The van der Waals surface area contributed by atoms with Crippen LogP contribution >= 0.6 is 28.1 Å². The monoisotopic (exact) mass is 455 g/mol. The molecule has 0 fully saturated rings. The van der Waals surface area contributed by atoms with Crippen LogP contribution in [-0.2, 0) is 10.0 Å². The summed E-state index contributed by atoms with van der Waals surface area (Å²) in [6.45, 7) is 1.93. The number of aryl methyl sites for hydroxylation is 1. The Labute approximate surface area is 166 Å². The van der Waals surface area contributed by atoms with Gasteiger partial charge in [-0.15, -0.1) is 0 Å². The van der Waals surface area contributed by atoms with Gasteiger partial charge in [0, 0.05) is 29.8 Å². The Morgan fingerprint density at radius 3 is 2.27 bits per heavy atom. The zero-order valence-corrected chi connectivity index (χ0v) is 17.6. The Morgan fingerprint density at radius 1 is 1.12 bits per heavy atom. The van der Waals surface area contributed by atoms with Crippen molar-refractivity contribution in [1.82, 2.24) is 9.62 Å². The molecule has 138 valence electrons. The number of anilines is 1. The highest BCUT2D eigenvalue weighted by molar-refractivity contribution is 9.10. The number of nitrogens with one attached hydrogen (secondary N) is 2. The van der Waals surface area contributed by atoms with Crippen molar-refractivity contribution in [1.29, 1.82) is 0 Å². The summed E-state index contributed by atoms with van der Waals surface area (Å²) < 4.78 is 26.1. The number of halogens is 1. The lowest BCUT2D eigenvalue weighted by Gasteiger charge is -2.13. The topological polar surface area (TPSA) is 78.5 Å². The van der Waals surface area contributed by atoms with E-state index in [9.17, 15) is 13.2 Å². The molecule has 2 aromatic rings. The number of carbonyl (C=O) groups is 1. The Morgan fingerprint density at radius 2 is 1.73 bits per heavy atom. The smallest absolute Gasteiger partial charge is 0.257 e. The molecule has 26 heavy (non-hydrogen) atoms. The second kappa shape index (κ2) is 8.26. The summed E-state index contributed by atoms with van der Waals surface area (Å²) in [6, 6.07) is 11.4. The van der Waals surface area contributed by atoms with Gasteiger partial charge in [-0.3, -0.25) is 10.1 Å². The van der Waals surface area contributed by atoms with Crippen LogP contribution < -0.4 is 10.6 Å². The summed E-state index contributed by atoms with van der Waals surface area (Å²) >= 11 is 8.52. The molecule has 6 nitrogen and oxygen atoms in total. The van der Waals surface area contributed by atoms with Gasteiger partial charge in [-0.1, -0.05) is 22.0 Å². The van der Waals surface area contributed by atoms with Gasteiger partial charge in [0.1, 0.15) is 0 Å². The number of carbonyl (C=O) groups excluding carboxylic acids is 1. The second-order valence-corrected chi connectivity index (χ2v) is 9.10. The highest BCUT2D eigenvalue weighted by Gasteiger charge is 2.16. The number of hydrogen-bond acceptors (Lipinski definition) is 4. The van der Waals surface area contributed by atoms with E-state index in [1.165, 1.54) is 26.2 Å². The van der Waals surface area contributed by atoms with Crippen LogP contribution in [0.25, 0.3) is 0 Å². The predicted octanol–water partition coefficient (Wildman–Crippen LogP) is 3.13. The van der Waals surface area contributed by atoms with Crippen molar-refractivity contribution in [3.63, 3.8) is 0 Å². The average molecular weight is 456 g/mol.